The molecule has 1 aromatic carbocycles. The van der Waals surface area contributed by atoms with Crippen LogP contribution >= 0.6 is 11.6 Å². The Morgan fingerprint density at radius 1 is 1.20 bits per heavy atom. The number of carbonyl (C=O) groups excluding carboxylic acids is 3. The van der Waals surface area contributed by atoms with Crippen LogP contribution in [0.15, 0.2) is 41.5 Å². The summed E-state index contributed by atoms with van der Waals surface area (Å²) in [5, 5.41) is 11.4. The molecule has 2 aliphatic rings. The second kappa shape index (κ2) is 13.4. The number of fused-ring (bicyclic) bond motifs is 1. The summed E-state index contributed by atoms with van der Waals surface area (Å²) >= 11 is 5.79. The number of aromatic nitrogens is 2. The fourth-order valence-corrected chi connectivity index (χ4v) is 5.33. The first-order valence-corrected chi connectivity index (χ1v) is 14.7. The van der Waals surface area contributed by atoms with Crippen molar-refractivity contribution >= 4 is 51.7 Å². The van der Waals surface area contributed by atoms with Gasteiger partial charge in [0.15, 0.2) is 6.17 Å². The maximum Gasteiger partial charge on any atom is 0.247 e. The van der Waals surface area contributed by atoms with Crippen LogP contribution in [0.5, 0.6) is 5.75 Å². The fourth-order valence-electron chi connectivity index (χ4n) is 5.13. The van der Waals surface area contributed by atoms with Gasteiger partial charge in [0.05, 0.1) is 35.4 Å². The van der Waals surface area contributed by atoms with Gasteiger partial charge in [-0.3, -0.25) is 14.4 Å². The highest BCUT2D eigenvalue weighted by Gasteiger charge is 2.42. The van der Waals surface area contributed by atoms with E-state index in [1.54, 1.807) is 26.1 Å². The van der Waals surface area contributed by atoms with E-state index in [1.807, 2.05) is 20.8 Å². The summed E-state index contributed by atoms with van der Waals surface area (Å²) in [6.07, 6.45) is 2.87. The lowest BCUT2D eigenvalue weighted by atomic mass is 9.85. The van der Waals surface area contributed by atoms with Gasteiger partial charge in [0.1, 0.15) is 35.8 Å². The summed E-state index contributed by atoms with van der Waals surface area (Å²) < 4.78 is 34.0. The number of nitrogens with zero attached hydrogens (tertiary/aromatic N) is 3. The van der Waals surface area contributed by atoms with Crippen LogP contribution in [0, 0.1) is 5.41 Å². The van der Waals surface area contributed by atoms with Crippen molar-refractivity contribution in [3.63, 3.8) is 0 Å². The maximum atomic E-state index is 14.8. The van der Waals surface area contributed by atoms with Crippen molar-refractivity contribution in [2.75, 3.05) is 31.3 Å². The van der Waals surface area contributed by atoms with Crippen LogP contribution in [0.2, 0.25) is 0 Å². The molecule has 1 aliphatic heterocycles. The number of likely N-dealkylation sites (N-methyl/N-ethyl adjacent to an activating group) is 1. The lowest BCUT2D eigenvalue weighted by molar-refractivity contribution is -0.143. The van der Waals surface area contributed by atoms with Crippen molar-refractivity contribution < 1.29 is 27.9 Å². The van der Waals surface area contributed by atoms with Gasteiger partial charge in [-0.2, -0.15) is 0 Å². The Kier molecular flexibility index (Phi) is 10.1. The largest absolute Gasteiger partial charge is 0.494 e. The third-order valence-electron chi connectivity index (χ3n) is 7.82. The van der Waals surface area contributed by atoms with Gasteiger partial charge in [-0.25, -0.2) is 18.7 Å². The normalized spacial score (nSPS) is 21.7. The highest BCUT2D eigenvalue weighted by molar-refractivity contribution is 6.30. The second-order valence-electron chi connectivity index (χ2n) is 11.9. The van der Waals surface area contributed by atoms with Gasteiger partial charge < -0.3 is 30.9 Å². The zero-order valence-corrected chi connectivity index (χ0v) is 26.3. The first kappa shape index (κ1) is 33.1. The zero-order chi connectivity index (χ0) is 32.3. The van der Waals surface area contributed by atoms with E-state index in [0.717, 1.165) is 6.08 Å². The molecule has 0 saturated carbocycles. The number of likely N-dealkylation sites (tertiary alicyclic amines) is 1. The number of hydrogen-bond acceptors (Lipinski definition) is 8. The second-order valence-corrected chi connectivity index (χ2v) is 12.3. The maximum absolute atomic E-state index is 14.8. The highest BCUT2D eigenvalue weighted by atomic mass is 35.5. The van der Waals surface area contributed by atoms with Gasteiger partial charge in [0, 0.05) is 18.0 Å². The Morgan fingerprint density at radius 2 is 1.93 bits per heavy atom. The van der Waals surface area contributed by atoms with Gasteiger partial charge in [-0.1, -0.05) is 38.4 Å². The molecule has 2 unspecified atom stereocenters. The van der Waals surface area contributed by atoms with E-state index in [4.69, 9.17) is 16.3 Å². The third-order valence-corrected chi connectivity index (χ3v) is 8.21. The van der Waals surface area contributed by atoms with Crippen LogP contribution in [0.1, 0.15) is 40.5 Å². The number of benzene rings is 1. The standard InChI is InChI=1S/C30H38ClF2N7O4/c1-15(34-5)27(41)39-25(30(2,3)4)29(43)40-11-7-8-21(40)28(42)38-20-12-16-19(13-22(20)44-6)35-14-36-26(16)37-18-10-9-17(32)23(31)24(18)33/h9-10,12-15,18,21,24-25,34H,7-8,11H2,1-6H3,(H,38,42)(H,39,41)(H,35,36,37)/t15-,18?,21-,24?,25+/m0/s1. The number of anilines is 2. The molecule has 1 saturated heterocycles. The van der Waals surface area contributed by atoms with Crippen molar-refractivity contribution in [1.29, 1.82) is 0 Å². The molecule has 1 fully saturated rings. The first-order valence-electron chi connectivity index (χ1n) is 14.3. The molecular weight excluding hydrogens is 596 g/mol. The SMILES string of the molecule is CN[C@@H](C)C(=O)N[C@H](C(=O)N1CCC[C@H]1C(=O)Nc1cc2c(NC3C=CC(F)=C(Cl)C3F)ncnc2cc1OC)C(C)(C)C. The van der Waals surface area contributed by atoms with E-state index in [2.05, 4.69) is 31.2 Å². The summed E-state index contributed by atoms with van der Waals surface area (Å²) in [5.41, 5.74) is 0.107. The molecule has 4 N–H and O–H groups in total. The van der Waals surface area contributed by atoms with Crippen molar-refractivity contribution in [3.05, 3.63) is 41.5 Å². The predicted octanol–water partition coefficient (Wildman–Crippen LogP) is 3.82. The summed E-state index contributed by atoms with van der Waals surface area (Å²) in [6.45, 7) is 7.62. The van der Waals surface area contributed by atoms with Gasteiger partial charge in [0.25, 0.3) is 0 Å². The minimum absolute atomic E-state index is 0.231. The van der Waals surface area contributed by atoms with Gasteiger partial charge in [0.2, 0.25) is 17.7 Å². The summed E-state index contributed by atoms with van der Waals surface area (Å²) in [5.74, 6) is -1.41. The number of rotatable bonds is 9. The number of allylic oxidation sites excluding steroid dienone is 2. The van der Waals surface area contributed by atoms with E-state index in [9.17, 15) is 23.2 Å². The van der Waals surface area contributed by atoms with Crippen LogP contribution in [0.25, 0.3) is 10.9 Å². The van der Waals surface area contributed by atoms with Crippen LogP contribution < -0.4 is 26.0 Å². The molecule has 1 aromatic heterocycles. The van der Waals surface area contributed by atoms with E-state index in [1.165, 1.54) is 24.4 Å². The minimum atomic E-state index is -1.84. The smallest absolute Gasteiger partial charge is 0.247 e. The number of amides is 3. The highest BCUT2D eigenvalue weighted by Crippen LogP contribution is 2.35. The van der Waals surface area contributed by atoms with E-state index >= 15 is 0 Å². The zero-order valence-electron chi connectivity index (χ0n) is 25.5. The molecular formula is C30H38ClF2N7O4. The van der Waals surface area contributed by atoms with Crippen molar-refractivity contribution in [1.82, 2.24) is 25.5 Å². The molecule has 2 heterocycles. The lowest BCUT2D eigenvalue weighted by Crippen LogP contribution is -2.59. The molecule has 2 aromatic rings. The monoisotopic (exact) mass is 633 g/mol. The Morgan fingerprint density at radius 3 is 2.59 bits per heavy atom. The van der Waals surface area contributed by atoms with Crippen LogP contribution in [-0.2, 0) is 14.4 Å². The van der Waals surface area contributed by atoms with Crippen LogP contribution in [-0.4, -0.2) is 83.6 Å². The van der Waals surface area contributed by atoms with Gasteiger partial charge >= 0.3 is 0 Å². The van der Waals surface area contributed by atoms with E-state index in [-0.39, 0.29) is 23.3 Å². The van der Waals surface area contributed by atoms with Crippen molar-refractivity contribution in [2.45, 2.75) is 70.9 Å². The molecule has 238 valence electrons. The van der Waals surface area contributed by atoms with Crippen molar-refractivity contribution in [2.24, 2.45) is 5.41 Å². The minimum Gasteiger partial charge on any atom is -0.494 e. The number of alkyl halides is 1. The topological polar surface area (TPSA) is 138 Å². The Bertz CT molecular complexity index is 1500. The predicted molar refractivity (Wildman–Crippen MR) is 165 cm³/mol. The number of hydrogen-bond donors (Lipinski definition) is 4. The summed E-state index contributed by atoms with van der Waals surface area (Å²) in [6, 6.07) is 0.0357. The quantitative estimate of drug-likeness (QED) is 0.327. The fraction of sp³-hybridized carbons (Fsp3) is 0.500. The molecule has 3 amide bonds. The number of carbonyl (C=O) groups is 3. The molecule has 44 heavy (non-hydrogen) atoms. The molecule has 11 nitrogen and oxygen atoms in total. The number of halogens is 3. The molecule has 14 heteroatoms. The lowest BCUT2D eigenvalue weighted by Gasteiger charge is -2.36. The summed E-state index contributed by atoms with van der Waals surface area (Å²) in [4.78, 5) is 50.2. The number of methoxy groups -OCH3 is 1. The molecule has 0 radical (unpaired) electrons. The first-order chi connectivity index (χ1) is 20.8. The molecule has 4 rings (SSSR count). The molecule has 5 atom stereocenters. The van der Waals surface area contributed by atoms with Crippen molar-refractivity contribution in [3.8, 4) is 5.75 Å². The number of nitrogens with one attached hydrogen (secondary N) is 4. The van der Waals surface area contributed by atoms with Crippen LogP contribution in [0.3, 0.4) is 0 Å². The van der Waals surface area contributed by atoms with Gasteiger partial charge in [-0.15, -0.1) is 0 Å². The van der Waals surface area contributed by atoms with Crippen LogP contribution in [0.4, 0.5) is 20.3 Å². The third kappa shape index (κ3) is 6.94. The van der Waals surface area contributed by atoms with E-state index < -0.39 is 52.5 Å². The molecule has 0 bridgehead atoms. The molecule has 1 aliphatic carbocycles. The molecule has 0 spiro atoms. The number of ether oxygens (including phenoxy) is 1. The van der Waals surface area contributed by atoms with Gasteiger partial charge in [-0.05, 0) is 44.4 Å². The Balaban J connectivity index is 1.59. The van der Waals surface area contributed by atoms with E-state index in [0.29, 0.717) is 36.0 Å². The Labute approximate surface area is 259 Å². The average molecular weight is 634 g/mol. The average Bonchev–Trinajstić information content (AvgIpc) is 3.49. The Hall–Kier alpha value is -3.84. The summed E-state index contributed by atoms with van der Waals surface area (Å²) in [7, 11) is 3.10.